The summed E-state index contributed by atoms with van der Waals surface area (Å²) in [6.07, 6.45) is 5.61. The number of hydrogen-bond acceptors (Lipinski definition) is 4. The monoisotopic (exact) mass is 281 g/mol. The molecule has 0 aliphatic heterocycles. The Kier molecular flexibility index (Phi) is 3.33. The third kappa shape index (κ3) is 2.59. The van der Waals surface area contributed by atoms with E-state index < -0.39 is 0 Å². The van der Waals surface area contributed by atoms with Crippen LogP contribution in [0, 0.1) is 20.8 Å². The van der Waals surface area contributed by atoms with E-state index in [4.69, 9.17) is 0 Å². The molecule has 5 heteroatoms. The molecule has 0 aromatic carbocycles. The van der Waals surface area contributed by atoms with Crippen molar-refractivity contribution >= 4 is 11.3 Å². The average molecular weight is 281 g/mol. The van der Waals surface area contributed by atoms with Gasteiger partial charge in [0.15, 0.2) is 5.65 Å². The highest BCUT2D eigenvalue weighted by Crippen LogP contribution is 2.22. The Morgan fingerprint density at radius 3 is 2.67 bits per heavy atom. The normalized spacial score (nSPS) is 12.6. The Balaban J connectivity index is 1.94. The number of nitrogens with one attached hydrogen (secondary N) is 1. The maximum absolute atomic E-state index is 4.49. The minimum Gasteiger partial charge on any atom is -0.377 e. The van der Waals surface area contributed by atoms with Crippen molar-refractivity contribution in [3.05, 3.63) is 53.2 Å². The maximum Gasteiger partial charge on any atom is 0.155 e. The summed E-state index contributed by atoms with van der Waals surface area (Å²) in [5, 5.41) is 7.96. The lowest BCUT2D eigenvalue weighted by Gasteiger charge is -2.18. The minimum absolute atomic E-state index is 0.134. The van der Waals surface area contributed by atoms with Gasteiger partial charge in [0, 0.05) is 35.9 Å². The van der Waals surface area contributed by atoms with Crippen LogP contribution in [0.4, 0.5) is 5.69 Å². The maximum atomic E-state index is 4.49. The van der Waals surface area contributed by atoms with Gasteiger partial charge in [-0.2, -0.15) is 5.10 Å². The molecule has 0 aliphatic rings. The molecular weight excluding hydrogens is 262 g/mol. The molecule has 0 saturated heterocycles. The zero-order valence-corrected chi connectivity index (χ0v) is 12.8. The van der Waals surface area contributed by atoms with E-state index in [1.54, 1.807) is 0 Å². The second-order valence-corrected chi connectivity index (χ2v) is 5.47. The first-order valence-electron chi connectivity index (χ1n) is 7.04. The van der Waals surface area contributed by atoms with Crippen molar-refractivity contribution in [3.8, 4) is 0 Å². The van der Waals surface area contributed by atoms with Crippen LogP contribution in [-0.4, -0.2) is 19.6 Å². The van der Waals surface area contributed by atoms with Crippen LogP contribution in [0.15, 0.2) is 30.7 Å². The van der Waals surface area contributed by atoms with Gasteiger partial charge in [-0.05, 0) is 39.3 Å². The van der Waals surface area contributed by atoms with E-state index in [9.17, 15) is 0 Å². The average Bonchev–Trinajstić information content (AvgIpc) is 2.80. The molecule has 3 rings (SSSR count). The zero-order chi connectivity index (χ0) is 15.0. The summed E-state index contributed by atoms with van der Waals surface area (Å²) >= 11 is 0. The number of anilines is 1. The summed E-state index contributed by atoms with van der Waals surface area (Å²) in [6, 6.07) is 4.21. The molecule has 0 aliphatic carbocycles. The van der Waals surface area contributed by atoms with Gasteiger partial charge in [-0.15, -0.1) is 0 Å². The molecule has 5 nitrogen and oxygen atoms in total. The van der Waals surface area contributed by atoms with Crippen molar-refractivity contribution in [1.29, 1.82) is 0 Å². The van der Waals surface area contributed by atoms with Gasteiger partial charge in [0.1, 0.15) is 0 Å². The second-order valence-electron chi connectivity index (χ2n) is 5.47. The van der Waals surface area contributed by atoms with Crippen LogP contribution in [0.1, 0.15) is 35.5 Å². The Morgan fingerprint density at radius 1 is 1.10 bits per heavy atom. The highest BCUT2D eigenvalue weighted by molar-refractivity contribution is 5.47. The van der Waals surface area contributed by atoms with E-state index in [-0.39, 0.29) is 6.04 Å². The number of hydrogen-bond donors (Lipinski definition) is 1. The zero-order valence-electron chi connectivity index (χ0n) is 12.8. The lowest BCUT2D eigenvalue weighted by Crippen LogP contribution is -2.12. The Hall–Kier alpha value is -2.43. The van der Waals surface area contributed by atoms with E-state index in [1.807, 2.05) is 43.0 Å². The first-order valence-corrected chi connectivity index (χ1v) is 7.04. The molecular formula is C16H19N5. The van der Waals surface area contributed by atoms with Crippen LogP contribution < -0.4 is 5.32 Å². The fraction of sp³-hybridized carbons (Fsp3) is 0.312. The van der Waals surface area contributed by atoms with Crippen molar-refractivity contribution in [1.82, 2.24) is 19.6 Å². The number of fused-ring (bicyclic) bond motifs is 1. The van der Waals surface area contributed by atoms with Gasteiger partial charge < -0.3 is 5.32 Å². The fourth-order valence-electron chi connectivity index (χ4n) is 2.56. The molecule has 0 bridgehead atoms. The van der Waals surface area contributed by atoms with E-state index in [0.717, 1.165) is 33.8 Å². The molecule has 0 radical (unpaired) electrons. The number of rotatable bonds is 3. The Morgan fingerprint density at radius 2 is 1.90 bits per heavy atom. The van der Waals surface area contributed by atoms with Crippen LogP contribution in [0.5, 0.6) is 0 Å². The van der Waals surface area contributed by atoms with E-state index in [1.165, 1.54) is 0 Å². The van der Waals surface area contributed by atoms with E-state index in [0.29, 0.717) is 0 Å². The molecule has 1 unspecified atom stereocenters. The molecule has 0 amide bonds. The lowest BCUT2D eigenvalue weighted by atomic mass is 10.1. The standard InChI is InChI=1S/C16H19N5/c1-10-5-14(8-17-7-10)19-12(3)15-9-18-16-6-11(2)20-21(16)13(15)4/h5-9,12,19H,1-4H3. The number of pyridine rings is 1. The summed E-state index contributed by atoms with van der Waals surface area (Å²) in [7, 11) is 0. The topological polar surface area (TPSA) is 55.1 Å². The molecule has 3 aromatic rings. The SMILES string of the molecule is Cc1cncc(NC(C)c2cnc3cc(C)nn3c2C)c1. The Labute approximate surface area is 124 Å². The van der Waals surface area contributed by atoms with Crippen LogP contribution in [0.25, 0.3) is 5.65 Å². The van der Waals surface area contributed by atoms with Crippen LogP contribution >= 0.6 is 0 Å². The predicted octanol–water partition coefficient (Wildman–Crippen LogP) is 3.22. The van der Waals surface area contributed by atoms with Gasteiger partial charge in [-0.25, -0.2) is 9.50 Å². The van der Waals surface area contributed by atoms with Crippen molar-refractivity contribution < 1.29 is 0 Å². The van der Waals surface area contributed by atoms with Crippen molar-refractivity contribution in [2.75, 3.05) is 5.32 Å². The van der Waals surface area contributed by atoms with Crippen molar-refractivity contribution in [2.24, 2.45) is 0 Å². The van der Waals surface area contributed by atoms with Crippen molar-refractivity contribution in [2.45, 2.75) is 33.7 Å². The van der Waals surface area contributed by atoms with Gasteiger partial charge in [0.25, 0.3) is 0 Å². The van der Waals surface area contributed by atoms with Gasteiger partial charge in [-0.1, -0.05) is 0 Å². The van der Waals surface area contributed by atoms with Crippen molar-refractivity contribution in [3.63, 3.8) is 0 Å². The Bertz CT molecular complexity index is 790. The molecule has 21 heavy (non-hydrogen) atoms. The summed E-state index contributed by atoms with van der Waals surface area (Å²) in [6.45, 7) is 8.21. The largest absolute Gasteiger partial charge is 0.377 e. The smallest absolute Gasteiger partial charge is 0.155 e. The first-order chi connectivity index (χ1) is 10.0. The first kappa shape index (κ1) is 13.5. The summed E-state index contributed by atoms with van der Waals surface area (Å²) in [4.78, 5) is 8.70. The van der Waals surface area contributed by atoms with Gasteiger partial charge >= 0.3 is 0 Å². The number of aryl methyl sites for hydroxylation is 3. The highest BCUT2D eigenvalue weighted by Gasteiger charge is 2.13. The number of nitrogens with zero attached hydrogens (tertiary/aromatic N) is 4. The van der Waals surface area contributed by atoms with Gasteiger partial charge in [0.2, 0.25) is 0 Å². The quantitative estimate of drug-likeness (QED) is 0.801. The summed E-state index contributed by atoms with van der Waals surface area (Å²) in [5.41, 5.74) is 6.25. The van der Waals surface area contributed by atoms with E-state index in [2.05, 4.69) is 40.3 Å². The molecule has 0 saturated carbocycles. The molecule has 0 spiro atoms. The fourth-order valence-corrected chi connectivity index (χ4v) is 2.56. The number of aromatic nitrogens is 4. The van der Waals surface area contributed by atoms with E-state index >= 15 is 0 Å². The molecule has 3 heterocycles. The highest BCUT2D eigenvalue weighted by atomic mass is 15.3. The van der Waals surface area contributed by atoms with Gasteiger partial charge in [0.05, 0.1) is 17.4 Å². The van der Waals surface area contributed by atoms with Gasteiger partial charge in [-0.3, -0.25) is 4.98 Å². The summed E-state index contributed by atoms with van der Waals surface area (Å²) < 4.78 is 1.90. The third-order valence-corrected chi connectivity index (χ3v) is 3.61. The second kappa shape index (κ2) is 5.16. The van der Waals surface area contributed by atoms with Crippen LogP contribution in [-0.2, 0) is 0 Å². The lowest BCUT2D eigenvalue weighted by molar-refractivity contribution is 0.797. The third-order valence-electron chi connectivity index (χ3n) is 3.61. The molecule has 3 aromatic heterocycles. The predicted molar refractivity (Wildman–Crippen MR) is 83.5 cm³/mol. The minimum atomic E-state index is 0.134. The molecule has 1 atom stereocenters. The molecule has 1 N–H and O–H groups in total. The van der Waals surface area contributed by atoms with Crippen LogP contribution in [0.3, 0.4) is 0 Å². The summed E-state index contributed by atoms with van der Waals surface area (Å²) in [5.74, 6) is 0. The molecule has 0 fully saturated rings. The molecule has 108 valence electrons. The van der Waals surface area contributed by atoms with Crippen LogP contribution in [0.2, 0.25) is 0 Å².